The van der Waals surface area contributed by atoms with Crippen molar-refractivity contribution in [3.05, 3.63) is 59.9 Å². The number of H-pyrrole nitrogens is 1. The van der Waals surface area contributed by atoms with Gasteiger partial charge in [0.25, 0.3) is 0 Å². The third kappa shape index (κ3) is 3.14. The van der Waals surface area contributed by atoms with Crippen LogP contribution < -0.4 is 5.73 Å². The highest BCUT2D eigenvalue weighted by molar-refractivity contribution is 5.95. The summed E-state index contributed by atoms with van der Waals surface area (Å²) in [5.41, 5.74) is 9.58. The maximum atomic E-state index is 10.9. The van der Waals surface area contributed by atoms with E-state index in [9.17, 15) is 9.90 Å². The first-order valence-electron chi connectivity index (χ1n) is 7.27. The van der Waals surface area contributed by atoms with Crippen LogP contribution in [-0.4, -0.2) is 21.0 Å². The van der Waals surface area contributed by atoms with Gasteiger partial charge in [0.2, 0.25) is 5.91 Å². The van der Waals surface area contributed by atoms with Gasteiger partial charge in [0.05, 0.1) is 6.10 Å². The maximum Gasteiger partial charge on any atom is 0.241 e. The number of pyridine rings is 1. The minimum atomic E-state index is -0.489. The molecule has 0 fully saturated rings. The van der Waals surface area contributed by atoms with Crippen molar-refractivity contribution in [1.29, 1.82) is 0 Å². The van der Waals surface area contributed by atoms with Crippen LogP contribution in [0.4, 0.5) is 0 Å². The molecule has 0 spiro atoms. The van der Waals surface area contributed by atoms with E-state index in [0.717, 1.165) is 33.3 Å². The summed E-state index contributed by atoms with van der Waals surface area (Å²) < 4.78 is 0. The number of nitrogens with zero attached hydrogens (tertiary/aromatic N) is 1. The van der Waals surface area contributed by atoms with Crippen molar-refractivity contribution in [2.24, 2.45) is 5.73 Å². The average Bonchev–Trinajstić information content (AvgIpc) is 2.95. The molecule has 4 N–H and O–H groups in total. The molecule has 0 aliphatic heterocycles. The van der Waals surface area contributed by atoms with E-state index in [4.69, 9.17) is 5.73 Å². The summed E-state index contributed by atoms with van der Waals surface area (Å²) in [6, 6.07) is 9.72. The van der Waals surface area contributed by atoms with E-state index in [1.54, 1.807) is 25.4 Å². The van der Waals surface area contributed by atoms with Crippen LogP contribution in [0.25, 0.3) is 28.2 Å². The van der Waals surface area contributed by atoms with E-state index in [1.807, 2.05) is 30.3 Å². The maximum absolute atomic E-state index is 10.9. The van der Waals surface area contributed by atoms with Crippen LogP contribution in [0, 0.1) is 0 Å². The Bertz CT molecular complexity index is 877. The van der Waals surface area contributed by atoms with Crippen LogP contribution >= 0.6 is 0 Å². The normalized spacial score (nSPS) is 12.8. The molecule has 1 aromatic carbocycles. The molecule has 5 heteroatoms. The van der Waals surface area contributed by atoms with E-state index < -0.39 is 12.0 Å². The molecule has 0 saturated carbocycles. The number of aliphatic hydroxyl groups is 1. The van der Waals surface area contributed by atoms with Crippen molar-refractivity contribution in [3.8, 4) is 11.1 Å². The molecule has 116 valence electrons. The minimum Gasteiger partial charge on any atom is -0.389 e. The number of nitrogens with one attached hydrogen (secondary N) is 1. The first-order chi connectivity index (χ1) is 11.0. The second-order valence-corrected chi connectivity index (χ2v) is 5.40. The van der Waals surface area contributed by atoms with E-state index in [-0.39, 0.29) is 0 Å². The molecule has 2 aromatic heterocycles. The number of aromatic amines is 1. The van der Waals surface area contributed by atoms with Gasteiger partial charge < -0.3 is 15.8 Å². The molecule has 0 saturated heterocycles. The fraction of sp³-hybridized carbons (Fsp3) is 0.111. The Kier molecular flexibility index (Phi) is 3.95. The number of nitrogens with two attached hydrogens (primary N) is 1. The zero-order valence-corrected chi connectivity index (χ0v) is 12.7. The standard InChI is InChI=1S/C18H17N3O2/c1-11(22)12-2-4-13(5-3-12)15-8-16-14(6-7-17(19)23)9-20-18(16)21-10-15/h2-11,22H,1H3,(H2,19,23)(H,20,21)/b7-6+/t11-/m1/s1. The van der Waals surface area contributed by atoms with Crippen molar-refractivity contribution in [2.75, 3.05) is 0 Å². The molecule has 23 heavy (non-hydrogen) atoms. The second kappa shape index (κ2) is 6.06. The number of hydrogen-bond donors (Lipinski definition) is 3. The Hall–Kier alpha value is -2.92. The molecule has 0 bridgehead atoms. The van der Waals surface area contributed by atoms with Gasteiger partial charge in [0.15, 0.2) is 0 Å². The van der Waals surface area contributed by atoms with E-state index >= 15 is 0 Å². The first kappa shape index (κ1) is 15.0. The number of fused-ring (bicyclic) bond motifs is 1. The lowest BCUT2D eigenvalue weighted by Crippen LogP contribution is -2.04. The SMILES string of the molecule is C[C@@H](O)c1ccc(-c2cnc3[nH]cc(/C=C/C(N)=O)c3c2)cc1. The van der Waals surface area contributed by atoms with Crippen molar-refractivity contribution in [3.63, 3.8) is 0 Å². The predicted octanol–water partition coefficient (Wildman–Crippen LogP) is 2.78. The van der Waals surface area contributed by atoms with Crippen LogP contribution in [0.5, 0.6) is 0 Å². The third-order valence-electron chi connectivity index (χ3n) is 3.72. The topological polar surface area (TPSA) is 92.0 Å². The van der Waals surface area contributed by atoms with Gasteiger partial charge in [-0.1, -0.05) is 24.3 Å². The molecule has 0 aliphatic carbocycles. The Balaban J connectivity index is 2.01. The summed E-state index contributed by atoms with van der Waals surface area (Å²) in [5.74, 6) is -0.489. The van der Waals surface area contributed by atoms with Crippen LogP contribution in [0.1, 0.15) is 24.2 Å². The van der Waals surface area contributed by atoms with Gasteiger partial charge in [-0.2, -0.15) is 0 Å². The quantitative estimate of drug-likeness (QED) is 0.647. The number of hydrogen-bond acceptors (Lipinski definition) is 3. The van der Waals surface area contributed by atoms with Crippen LogP contribution in [0.15, 0.2) is 48.8 Å². The molecule has 0 aliphatic rings. The number of primary amides is 1. The molecule has 1 atom stereocenters. The lowest BCUT2D eigenvalue weighted by atomic mass is 10.0. The summed E-state index contributed by atoms with van der Waals surface area (Å²) in [5, 5.41) is 10.5. The summed E-state index contributed by atoms with van der Waals surface area (Å²) in [6.07, 6.45) is 6.09. The first-order valence-corrected chi connectivity index (χ1v) is 7.27. The van der Waals surface area contributed by atoms with Crippen molar-refractivity contribution in [1.82, 2.24) is 9.97 Å². The average molecular weight is 307 g/mol. The minimum absolute atomic E-state index is 0.486. The molecular formula is C18H17N3O2. The van der Waals surface area contributed by atoms with Crippen LogP contribution in [-0.2, 0) is 4.79 Å². The third-order valence-corrected chi connectivity index (χ3v) is 3.72. The monoisotopic (exact) mass is 307 g/mol. The molecule has 5 nitrogen and oxygen atoms in total. The van der Waals surface area contributed by atoms with Gasteiger partial charge in [-0.15, -0.1) is 0 Å². The van der Waals surface area contributed by atoms with Crippen molar-refractivity contribution in [2.45, 2.75) is 13.0 Å². The summed E-state index contributed by atoms with van der Waals surface area (Å²) in [6.45, 7) is 1.74. The molecular weight excluding hydrogens is 290 g/mol. The Labute approximate surface area is 133 Å². The fourth-order valence-corrected chi connectivity index (χ4v) is 2.45. The van der Waals surface area contributed by atoms with E-state index in [1.165, 1.54) is 6.08 Å². The lowest BCUT2D eigenvalue weighted by Gasteiger charge is -2.06. The second-order valence-electron chi connectivity index (χ2n) is 5.40. The fourth-order valence-electron chi connectivity index (χ4n) is 2.45. The van der Waals surface area contributed by atoms with Crippen molar-refractivity contribution < 1.29 is 9.90 Å². The zero-order chi connectivity index (χ0) is 16.4. The molecule has 3 aromatic rings. The highest BCUT2D eigenvalue weighted by Crippen LogP contribution is 2.26. The molecule has 1 amide bonds. The Morgan fingerprint density at radius 2 is 2.04 bits per heavy atom. The Morgan fingerprint density at radius 1 is 1.30 bits per heavy atom. The van der Waals surface area contributed by atoms with Gasteiger partial charge in [0, 0.05) is 35.0 Å². The largest absolute Gasteiger partial charge is 0.389 e. The smallest absolute Gasteiger partial charge is 0.241 e. The van der Waals surface area contributed by atoms with E-state index in [2.05, 4.69) is 9.97 Å². The molecule has 0 unspecified atom stereocenters. The van der Waals surface area contributed by atoms with Gasteiger partial charge in [-0.3, -0.25) is 4.79 Å². The van der Waals surface area contributed by atoms with Gasteiger partial charge in [0.1, 0.15) is 5.65 Å². The highest BCUT2D eigenvalue weighted by Gasteiger charge is 2.07. The van der Waals surface area contributed by atoms with Gasteiger partial charge in [-0.25, -0.2) is 4.98 Å². The Morgan fingerprint density at radius 3 is 2.70 bits per heavy atom. The zero-order valence-electron chi connectivity index (χ0n) is 12.7. The summed E-state index contributed by atoms with van der Waals surface area (Å²) >= 11 is 0. The number of rotatable bonds is 4. The molecule has 0 radical (unpaired) electrons. The molecule has 3 rings (SSSR count). The number of carbonyl (C=O) groups excluding carboxylic acids is 1. The van der Waals surface area contributed by atoms with Crippen molar-refractivity contribution >= 4 is 23.0 Å². The lowest BCUT2D eigenvalue weighted by molar-refractivity contribution is -0.113. The number of aromatic nitrogens is 2. The number of benzene rings is 1. The van der Waals surface area contributed by atoms with Crippen LogP contribution in [0.3, 0.4) is 0 Å². The van der Waals surface area contributed by atoms with Crippen LogP contribution in [0.2, 0.25) is 0 Å². The molecule has 2 heterocycles. The number of aliphatic hydroxyl groups excluding tert-OH is 1. The highest BCUT2D eigenvalue weighted by atomic mass is 16.3. The van der Waals surface area contributed by atoms with Gasteiger partial charge >= 0.3 is 0 Å². The number of amides is 1. The predicted molar refractivity (Wildman–Crippen MR) is 90.4 cm³/mol. The van der Waals surface area contributed by atoms with E-state index in [0.29, 0.717) is 0 Å². The van der Waals surface area contributed by atoms with Gasteiger partial charge in [-0.05, 0) is 30.2 Å². The summed E-state index contributed by atoms with van der Waals surface area (Å²) in [7, 11) is 0. The summed E-state index contributed by atoms with van der Waals surface area (Å²) in [4.78, 5) is 18.4. The number of carbonyl (C=O) groups is 1.